The molecule has 2 nitrogen and oxygen atoms in total. The van der Waals surface area contributed by atoms with Crippen LogP contribution in [0.15, 0.2) is 103 Å². The first-order valence-electron chi connectivity index (χ1n) is 16.6. The molecule has 2 unspecified atom stereocenters. The molecule has 0 aliphatic carbocycles. The molecule has 1 aliphatic heterocycles. The van der Waals surface area contributed by atoms with Crippen LogP contribution in [-0.4, -0.2) is 22.0 Å². The smallest absolute Gasteiger partial charge is 0.123 e. The average molecular weight is 551 g/mol. The van der Waals surface area contributed by atoms with Crippen LogP contribution in [-0.2, 0) is 13.0 Å². The summed E-state index contributed by atoms with van der Waals surface area (Å²) >= 11 is 0. The number of nitrogens with zero attached hydrogens (tertiary/aromatic N) is 2. The van der Waals surface area contributed by atoms with E-state index < -0.39 is 0 Å². The van der Waals surface area contributed by atoms with Gasteiger partial charge in [0.25, 0.3) is 0 Å². The van der Waals surface area contributed by atoms with Gasteiger partial charge in [-0.3, -0.25) is 0 Å². The lowest BCUT2D eigenvalue weighted by molar-refractivity contribution is -0.00767. The highest BCUT2D eigenvalue weighted by Gasteiger charge is 2.49. The molecule has 0 amide bonds. The summed E-state index contributed by atoms with van der Waals surface area (Å²) in [4.78, 5) is 5.38. The van der Waals surface area contributed by atoms with Gasteiger partial charge in [0.05, 0.1) is 0 Å². The van der Waals surface area contributed by atoms with Crippen molar-refractivity contribution in [1.29, 1.82) is 0 Å². The molecule has 1 aliphatic rings. The molecular weight excluding hydrogens is 496 g/mol. The lowest BCUT2D eigenvalue weighted by Crippen LogP contribution is -2.59. The fourth-order valence-electron chi connectivity index (χ4n) is 6.91. The Balaban J connectivity index is 1.50. The summed E-state index contributed by atoms with van der Waals surface area (Å²) in [5.74, 6) is 0.385. The number of unbranched alkanes of at least 4 members (excludes halogenated alkanes) is 10. The molecular formula is C39H54N2. The Morgan fingerprint density at radius 3 is 1.59 bits per heavy atom. The van der Waals surface area contributed by atoms with Crippen LogP contribution in [0.4, 0.5) is 0 Å². The number of hydrogen-bond acceptors (Lipinski definition) is 2. The lowest BCUT2D eigenvalue weighted by atomic mass is 9.78. The van der Waals surface area contributed by atoms with Crippen molar-refractivity contribution in [3.8, 4) is 0 Å². The van der Waals surface area contributed by atoms with Crippen molar-refractivity contribution in [3.05, 3.63) is 120 Å². The zero-order valence-corrected chi connectivity index (χ0v) is 25.9. The van der Waals surface area contributed by atoms with Crippen LogP contribution < -0.4 is 0 Å². The highest BCUT2D eigenvalue weighted by molar-refractivity contribution is 5.31. The molecule has 0 saturated carbocycles. The minimum absolute atomic E-state index is 0.147. The minimum Gasteiger partial charge on any atom is -0.353 e. The first-order valence-corrected chi connectivity index (χ1v) is 16.6. The van der Waals surface area contributed by atoms with Crippen LogP contribution in [0, 0.1) is 0 Å². The van der Waals surface area contributed by atoms with Crippen molar-refractivity contribution in [1.82, 2.24) is 9.80 Å². The molecule has 0 N–H and O–H groups in total. The van der Waals surface area contributed by atoms with E-state index >= 15 is 0 Å². The normalized spacial score (nSPS) is 17.3. The second-order valence-electron chi connectivity index (χ2n) is 12.1. The SMILES string of the molecule is CCCCCCCCCCCCCN1C=CN(Cc2ccccc2)C1(Cc1ccccc1)C(CC)c1ccccc1. The molecule has 0 bridgehead atoms. The lowest BCUT2D eigenvalue weighted by Gasteiger charge is -2.51. The van der Waals surface area contributed by atoms with Gasteiger partial charge in [-0.05, 0) is 29.5 Å². The molecule has 2 heteroatoms. The van der Waals surface area contributed by atoms with E-state index in [4.69, 9.17) is 0 Å². The van der Waals surface area contributed by atoms with Crippen LogP contribution in [0.5, 0.6) is 0 Å². The predicted molar refractivity (Wildman–Crippen MR) is 177 cm³/mol. The first kappa shape index (κ1) is 30.9. The summed E-state index contributed by atoms with van der Waals surface area (Å²) in [6.45, 7) is 6.70. The van der Waals surface area contributed by atoms with Gasteiger partial charge < -0.3 is 9.80 Å². The largest absolute Gasteiger partial charge is 0.353 e. The summed E-state index contributed by atoms with van der Waals surface area (Å²) in [5.41, 5.74) is 4.07. The highest BCUT2D eigenvalue weighted by Crippen LogP contribution is 2.45. The third-order valence-electron chi connectivity index (χ3n) is 9.09. The Labute approximate surface area is 251 Å². The van der Waals surface area contributed by atoms with E-state index in [1.54, 1.807) is 0 Å². The molecule has 3 aromatic carbocycles. The van der Waals surface area contributed by atoms with Gasteiger partial charge in [0.1, 0.15) is 5.66 Å². The van der Waals surface area contributed by atoms with Crippen molar-refractivity contribution in [2.75, 3.05) is 6.54 Å². The fraction of sp³-hybridized carbons (Fsp3) is 0.487. The Morgan fingerprint density at radius 2 is 1.02 bits per heavy atom. The van der Waals surface area contributed by atoms with E-state index in [0.717, 1.165) is 25.9 Å². The van der Waals surface area contributed by atoms with Gasteiger partial charge in [0.2, 0.25) is 0 Å². The quantitative estimate of drug-likeness (QED) is 0.137. The average Bonchev–Trinajstić information content (AvgIpc) is 3.34. The summed E-state index contributed by atoms with van der Waals surface area (Å²) in [5, 5.41) is 0. The minimum atomic E-state index is -0.147. The van der Waals surface area contributed by atoms with E-state index in [9.17, 15) is 0 Å². The predicted octanol–water partition coefficient (Wildman–Crippen LogP) is 10.7. The summed E-state index contributed by atoms with van der Waals surface area (Å²) in [6.07, 6.45) is 22.1. The molecule has 0 fully saturated rings. The van der Waals surface area contributed by atoms with E-state index in [-0.39, 0.29) is 5.66 Å². The fourth-order valence-corrected chi connectivity index (χ4v) is 6.91. The van der Waals surface area contributed by atoms with Crippen LogP contribution in [0.2, 0.25) is 0 Å². The Morgan fingerprint density at radius 1 is 0.537 bits per heavy atom. The van der Waals surface area contributed by atoms with Crippen molar-refractivity contribution >= 4 is 0 Å². The van der Waals surface area contributed by atoms with Crippen molar-refractivity contribution in [2.24, 2.45) is 0 Å². The van der Waals surface area contributed by atoms with Gasteiger partial charge in [0.15, 0.2) is 0 Å². The van der Waals surface area contributed by atoms with Crippen LogP contribution in [0.3, 0.4) is 0 Å². The van der Waals surface area contributed by atoms with Gasteiger partial charge >= 0.3 is 0 Å². The monoisotopic (exact) mass is 550 g/mol. The van der Waals surface area contributed by atoms with Crippen molar-refractivity contribution < 1.29 is 0 Å². The highest BCUT2D eigenvalue weighted by atomic mass is 15.4. The maximum absolute atomic E-state index is 2.72. The number of benzene rings is 3. The molecule has 41 heavy (non-hydrogen) atoms. The molecule has 3 aromatic rings. The molecule has 0 saturated heterocycles. The van der Waals surface area contributed by atoms with Gasteiger partial charge in [0, 0.05) is 37.8 Å². The Hall–Kier alpha value is -3.00. The first-order chi connectivity index (χ1) is 20.3. The third-order valence-corrected chi connectivity index (χ3v) is 9.09. The molecule has 0 spiro atoms. The zero-order valence-electron chi connectivity index (χ0n) is 25.9. The maximum Gasteiger partial charge on any atom is 0.123 e. The van der Waals surface area contributed by atoms with Gasteiger partial charge in [-0.2, -0.15) is 0 Å². The van der Waals surface area contributed by atoms with Crippen LogP contribution >= 0.6 is 0 Å². The van der Waals surface area contributed by atoms with E-state index in [1.807, 2.05) is 0 Å². The second kappa shape index (κ2) is 17.1. The van der Waals surface area contributed by atoms with Gasteiger partial charge in [-0.15, -0.1) is 0 Å². The van der Waals surface area contributed by atoms with E-state index in [1.165, 1.54) is 87.3 Å². The van der Waals surface area contributed by atoms with Crippen molar-refractivity contribution in [3.63, 3.8) is 0 Å². The summed E-state index contributed by atoms with van der Waals surface area (Å²) in [6, 6.07) is 33.5. The molecule has 0 radical (unpaired) electrons. The molecule has 4 rings (SSSR count). The molecule has 2 atom stereocenters. The number of rotatable bonds is 19. The van der Waals surface area contributed by atoms with Crippen LogP contribution in [0.1, 0.15) is 114 Å². The van der Waals surface area contributed by atoms with Gasteiger partial charge in [-0.25, -0.2) is 0 Å². The third kappa shape index (κ3) is 8.74. The second-order valence-corrected chi connectivity index (χ2v) is 12.1. The maximum atomic E-state index is 2.72. The Kier molecular flexibility index (Phi) is 12.9. The topological polar surface area (TPSA) is 6.48 Å². The summed E-state index contributed by atoms with van der Waals surface area (Å²) < 4.78 is 0. The zero-order chi connectivity index (χ0) is 28.6. The van der Waals surface area contributed by atoms with Gasteiger partial charge in [-0.1, -0.05) is 169 Å². The Bertz CT molecular complexity index is 1110. The standard InChI is InChI=1S/C39H54N2/c1-3-5-6-7-8-9-10-11-12-13-23-30-40-31-32-41(34-36-26-19-15-20-27-36)39(40,33-35-24-17-14-18-25-35)38(4-2)37-28-21-16-22-29-37/h14-22,24-29,31-32,38H,3-13,23,30,33-34H2,1-2H3. The van der Waals surface area contributed by atoms with E-state index in [0.29, 0.717) is 5.92 Å². The van der Waals surface area contributed by atoms with E-state index in [2.05, 4.69) is 127 Å². The molecule has 0 aromatic heterocycles. The van der Waals surface area contributed by atoms with Crippen LogP contribution in [0.25, 0.3) is 0 Å². The summed E-state index contributed by atoms with van der Waals surface area (Å²) in [7, 11) is 0. The van der Waals surface area contributed by atoms with Crippen molar-refractivity contribution in [2.45, 2.75) is 115 Å². The number of hydrogen-bond donors (Lipinski definition) is 0. The molecule has 220 valence electrons. The molecule has 1 heterocycles.